The summed E-state index contributed by atoms with van der Waals surface area (Å²) in [6.07, 6.45) is 1.02. The van der Waals surface area contributed by atoms with Crippen molar-refractivity contribution < 1.29 is 9.53 Å². The standard InChI is InChI=1S/C11H22N2O2/c1-5-9-7-15-8(2)6-13(9)10(14)11(3,4)12/h8-9H,5-7,12H2,1-4H3. The molecule has 0 radical (unpaired) electrons. The highest BCUT2D eigenvalue weighted by Crippen LogP contribution is 2.17. The van der Waals surface area contributed by atoms with Gasteiger partial charge in [-0.05, 0) is 27.2 Å². The third kappa shape index (κ3) is 2.92. The Morgan fingerprint density at radius 2 is 2.20 bits per heavy atom. The molecule has 4 heteroatoms. The van der Waals surface area contributed by atoms with Gasteiger partial charge in [0.05, 0.1) is 24.3 Å². The lowest BCUT2D eigenvalue weighted by atomic mass is 10.0. The fourth-order valence-electron chi connectivity index (χ4n) is 1.80. The predicted octanol–water partition coefficient (Wildman–Crippen LogP) is 0.750. The SMILES string of the molecule is CCC1COC(C)CN1C(=O)C(C)(C)N. The Labute approximate surface area is 91.8 Å². The Balaban J connectivity index is 2.75. The number of morpholine rings is 1. The molecule has 0 aromatic rings. The van der Waals surface area contributed by atoms with Crippen LogP contribution in [-0.2, 0) is 9.53 Å². The zero-order valence-corrected chi connectivity index (χ0v) is 10.1. The van der Waals surface area contributed by atoms with Crippen LogP contribution >= 0.6 is 0 Å². The summed E-state index contributed by atoms with van der Waals surface area (Å²) in [7, 11) is 0. The molecule has 0 spiro atoms. The number of amides is 1. The van der Waals surface area contributed by atoms with Gasteiger partial charge >= 0.3 is 0 Å². The van der Waals surface area contributed by atoms with Crippen LogP contribution in [0, 0.1) is 0 Å². The van der Waals surface area contributed by atoms with E-state index in [0.29, 0.717) is 13.2 Å². The van der Waals surface area contributed by atoms with Gasteiger partial charge < -0.3 is 15.4 Å². The Morgan fingerprint density at radius 3 is 2.67 bits per heavy atom. The van der Waals surface area contributed by atoms with Crippen molar-refractivity contribution in [3.05, 3.63) is 0 Å². The van der Waals surface area contributed by atoms with Crippen LogP contribution in [0.15, 0.2) is 0 Å². The molecule has 15 heavy (non-hydrogen) atoms. The van der Waals surface area contributed by atoms with Crippen molar-refractivity contribution in [1.29, 1.82) is 0 Å². The van der Waals surface area contributed by atoms with Gasteiger partial charge in [0.2, 0.25) is 5.91 Å². The van der Waals surface area contributed by atoms with Crippen LogP contribution in [0.25, 0.3) is 0 Å². The molecule has 2 atom stereocenters. The number of hydrogen-bond donors (Lipinski definition) is 1. The second kappa shape index (κ2) is 4.49. The molecule has 1 rings (SSSR count). The third-order valence-electron chi connectivity index (χ3n) is 2.75. The van der Waals surface area contributed by atoms with E-state index in [1.165, 1.54) is 0 Å². The lowest BCUT2D eigenvalue weighted by Crippen LogP contribution is -2.59. The number of ether oxygens (including phenoxy) is 1. The third-order valence-corrected chi connectivity index (χ3v) is 2.75. The van der Waals surface area contributed by atoms with Crippen LogP contribution in [0.5, 0.6) is 0 Å². The predicted molar refractivity (Wildman–Crippen MR) is 59.5 cm³/mol. The van der Waals surface area contributed by atoms with Gasteiger partial charge in [-0.3, -0.25) is 4.79 Å². The molecule has 0 aromatic heterocycles. The van der Waals surface area contributed by atoms with E-state index in [1.807, 2.05) is 11.8 Å². The summed E-state index contributed by atoms with van der Waals surface area (Å²) in [4.78, 5) is 13.9. The highest BCUT2D eigenvalue weighted by Gasteiger charge is 2.35. The van der Waals surface area contributed by atoms with Crippen LogP contribution < -0.4 is 5.73 Å². The summed E-state index contributed by atoms with van der Waals surface area (Å²) in [5.41, 5.74) is 5.05. The molecule has 1 amide bonds. The number of rotatable bonds is 2. The van der Waals surface area contributed by atoms with E-state index in [4.69, 9.17) is 10.5 Å². The van der Waals surface area contributed by atoms with Gasteiger partial charge in [-0.1, -0.05) is 6.92 Å². The molecule has 1 aliphatic rings. The van der Waals surface area contributed by atoms with Crippen LogP contribution in [0.3, 0.4) is 0 Å². The van der Waals surface area contributed by atoms with Gasteiger partial charge in [0.1, 0.15) is 0 Å². The molecule has 88 valence electrons. The van der Waals surface area contributed by atoms with E-state index < -0.39 is 5.54 Å². The van der Waals surface area contributed by atoms with Crippen LogP contribution in [-0.4, -0.2) is 41.6 Å². The summed E-state index contributed by atoms with van der Waals surface area (Å²) in [6.45, 7) is 8.82. The molecular formula is C11H22N2O2. The van der Waals surface area contributed by atoms with E-state index in [2.05, 4.69) is 6.92 Å². The van der Waals surface area contributed by atoms with Crippen molar-refractivity contribution in [3.8, 4) is 0 Å². The number of nitrogens with two attached hydrogens (primary N) is 1. The van der Waals surface area contributed by atoms with Crippen molar-refractivity contribution in [2.24, 2.45) is 5.73 Å². The van der Waals surface area contributed by atoms with Gasteiger partial charge in [-0.25, -0.2) is 0 Å². The maximum Gasteiger partial charge on any atom is 0.242 e. The first-order chi connectivity index (χ1) is 6.86. The van der Waals surface area contributed by atoms with Crippen molar-refractivity contribution in [2.75, 3.05) is 13.2 Å². The largest absolute Gasteiger partial charge is 0.375 e. The first-order valence-electron chi connectivity index (χ1n) is 5.57. The molecule has 1 saturated heterocycles. The van der Waals surface area contributed by atoms with Gasteiger partial charge in [0, 0.05) is 6.54 Å². The van der Waals surface area contributed by atoms with Crippen LogP contribution in [0.2, 0.25) is 0 Å². The molecular weight excluding hydrogens is 192 g/mol. The molecule has 0 aliphatic carbocycles. The molecule has 0 aromatic carbocycles. The average Bonchev–Trinajstić information content (AvgIpc) is 2.15. The van der Waals surface area contributed by atoms with E-state index in [-0.39, 0.29) is 18.1 Å². The minimum Gasteiger partial charge on any atom is -0.375 e. The van der Waals surface area contributed by atoms with Gasteiger partial charge in [0.25, 0.3) is 0 Å². The van der Waals surface area contributed by atoms with Gasteiger partial charge in [-0.2, -0.15) is 0 Å². The Kier molecular flexibility index (Phi) is 3.73. The zero-order chi connectivity index (χ0) is 11.6. The molecule has 0 bridgehead atoms. The average molecular weight is 214 g/mol. The number of nitrogens with zero attached hydrogens (tertiary/aromatic N) is 1. The number of hydrogen-bond acceptors (Lipinski definition) is 3. The second-order valence-electron chi connectivity index (χ2n) is 4.89. The first-order valence-corrected chi connectivity index (χ1v) is 5.57. The first kappa shape index (κ1) is 12.5. The summed E-state index contributed by atoms with van der Waals surface area (Å²) in [5, 5.41) is 0. The Morgan fingerprint density at radius 1 is 1.60 bits per heavy atom. The summed E-state index contributed by atoms with van der Waals surface area (Å²) in [6, 6.07) is 0.177. The van der Waals surface area contributed by atoms with E-state index in [0.717, 1.165) is 6.42 Å². The molecule has 2 unspecified atom stereocenters. The second-order valence-corrected chi connectivity index (χ2v) is 4.89. The smallest absolute Gasteiger partial charge is 0.242 e. The number of carbonyl (C=O) groups excluding carboxylic acids is 1. The topological polar surface area (TPSA) is 55.6 Å². The fourth-order valence-corrected chi connectivity index (χ4v) is 1.80. The summed E-state index contributed by atoms with van der Waals surface area (Å²) >= 11 is 0. The zero-order valence-electron chi connectivity index (χ0n) is 10.1. The maximum atomic E-state index is 12.1. The van der Waals surface area contributed by atoms with Gasteiger partial charge in [0.15, 0.2) is 0 Å². The minimum absolute atomic E-state index is 0.0181. The molecule has 0 saturated carbocycles. The number of carbonyl (C=O) groups is 1. The fraction of sp³-hybridized carbons (Fsp3) is 0.909. The summed E-state index contributed by atoms with van der Waals surface area (Å²) < 4.78 is 5.54. The molecule has 2 N–H and O–H groups in total. The molecule has 1 heterocycles. The van der Waals surface area contributed by atoms with Crippen LogP contribution in [0.1, 0.15) is 34.1 Å². The van der Waals surface area contributed by atoms with Crippen molar-refractivity contribution in [2.45, 2.75) is 51.8 Å². The normalized spacial score (nSPS) is 27.9. The van der Waals surface area contributed by atoms with E-state index in [9.17, 15) is 4.79 Å². The lowest BCUT2D eigenvalue weighted by Gasteiger charge is -2.41. The Bertz CT molecular complexity index is 235. The summed E-state index contributed by atoms with van der Waals surface area (Å²) in [5.74, 6) is 0.0181. The van der Waals surface area contributed by atoms with Gasteiger partial charge in [-0.15, -0.1) is 0 Å². The van der Waals surface area contributed by atoms with Crippen molar-refractivity contribution in [3.63, 3.8) is 0 Å². The van der Waals surface area contributed by atoms with Crippen molar-refractivity contribution >= 4 is 5.91 Å². The quantitative estimate of drug-likeness (QED) is 0.738. The molecule has 1 fully saturated rings. The lowest BCUT2D eigenvalue weighted by molar-refractivity contribution is -0.149. The minimum atomic E-state index is -0.787. The van der Waals surface area contributed by atoms with E-state index >= 15 is 0 Å². The highest BCUT2D eigenvalue weighted by molar-refractivity contribution is 5.85. The van der Waals surface area contributed by atoms with Crippen molar-refractivity contribution in [1.82, 2.24) is 4.90 Å². The van der Waals surface area contributed by atoms with E-state index in [1.54, 1.807) is 13.8 Å². The molecule has 1 aliphatic heterocycles. The molecule has 4 nitrogen and oxygen atoms in total. The van der Waals surface area contributed by atoms with Crippen LogP contribution in [0.4, 0.5) is 0 Å². The highest BCUT2D eigenvalue weighted by atomic mass is 16.5. The monoisotopic (exact) mass is 214 g/mol. The Hall–Kier alpha value is -0.610. The maximum absolute atomic E-state index is 12.1.